The van der Waals surface area contributed by atoms with Gasteiger partial charge in [-0.25, -0.2) is 4.79 Å². The average Bonchev–Trinajstić information content (AvgIpc) is 3.26. The molecule has 4 nitrogen and oxygen atoms in total. The number of aliphatic hydroxyl groups is 1. The zero-order chi connectivity index (χ0) is 15.5. The first-order valence-corrected chi connectivity index (χ1v) is 9.26. The number of amides is 2. The van der Waals surface area contributed by atoms with Crippen molar-refractivity contribution in [2.24, 2.45) is 17.8 Å². The number of carbonyl (C=O) groups excluding carboxylic acids is 1. The summed E-state index contributed by atoms with van der Waals surface area (Å²) in [4.78, 5) is 17.2. The second-order valence-electron chi connectivity index (χ2n) is 8.50. The maximum absolute atomic E-state index is 13.0. The normalized spacial score (nSPS) is 42.5. The van der Waals surface area contributed by atoms with Crippen LogP contribution in [-0.4, -0.2) is 52.2 Å². The SMILES string of the molecule is CCCN(C(=O)N(C)C1C2CC3CC1CC(O)(C3)C2)C1CC1. The van der Waals surface area contributed by atoms with Crippen LogP contribution in [0.1, 0.15) is 58.3 Å². The lowest BCUT2D eigenvalue weighted by Crippen LogP contribution is -2.63. The topological polar surface area (TPSA) is 43.8 Å². The molecule has 0 radical (unpaired) electrons. The van der Waals surface area contributed by atoms with Crippen molar-refractivity contribution in [2.45, 2.75) is 76.0 Å². The number of urea groups is 1. The molecule has 0 aromatic heterocycles. The van der Waals surface area contributed by atoms with E-state index < -0.39 is 5.60 Å². The predicted molar refractivity (Wildman–Crippen MR) is 85.5 cm³/mol. The first-order valence-electron chi connectivity index (χ1n) is 9.26. The van der Waals surface area contributed by atoms with Crippen molar-refractivity contribution in [3.8, 4) is 0 Å². The van der Waals surface area contributed by atoms with Gasteiger partial charge in [0.05, 0.1) is 5.60 Å². The van der Waals surface area contributed by atoms with Crippen LogP contribution in [-0.2, 0) is 0 Å². The molecule has 0 saturated heterocycles. The highest BCUT2D eigenvalue weighted by atomic mass is 16.3. The van der Waals surface area contributed by atoms with Gasteiger partial charge in [0.15, 0.2) is 0 Å². The molecule has 5 aliphatic rings. The van der Waals surface area contributed by atoms with Gasteiger partial charge in [-0.05, 0) is 69.1 Å². The molecule has 5 saturated carbocycles. The molecule has 4 heteroatoms. The Balaban J connectivity index is 1.50. The van der Waals surface area contributed by atoms with Crippen molar-refractivity contribution in [3.63, 3.8) is 0 Å². The van der Waals surface area contributed by atoms with Gasteiger partial charge in [0, 0.05) is 25.7 Å². The van der Waals surface area contributed by atoms with Gasteiger partial charge in [-0.2, -0.15) is 0 Å². The van der Waals surface area contributed by atoms with E-state index in [0.29, 0.717) is 29.8 Å². The van der Waals surface area contributed by atoms with Crippen LogP contribution in [0.5, 0.6) is 0 Å². The summed E-state index contributed by atoms with van der Waals surface area (Å²) in [7, 11) is 2.02. The Morgan fingerprint density at radius 3 is 2.32 bits per heavy atom. The first kappa shape index (κ1) is 14.8. The quantitative estimate of drug-likeness (QED) is 0.868. The van der Waals surface area contributed by atoms with Crippen molar-refractivity contribution in [1.29, 1.82) is 0 Å². The summed E-state index contributed by atoms with van der Waals surface area (Å²) in [6, 6.07) is 1.10. The smallest absolute Gasteiger partial charge is 0.320 e. The van der Waals surface area contributed by atoms with E-state index >= 15 is 0 Å². The monoisotopic (exact) mass is 306 g/mol. The molecular formula is C18H30N2O2. The van der Waals surface area contributed by atoms with Gasteiger partial charge in [-0.3, -0.25) is 0 Å². The summed E-state index contributed by atoms with van der Waals surface area (Å²) in [6.45, 7) is 3.05. The summed E-state index contributed by atoms with van der Waals surface area (Å²) < 4.78 is 0. The van der Waals surface area contributed by atoms with Crippen LogP contribution in [0.3, 0.4) is 0 Å². The lowest BCUT2D eigenvalue weighted by Gasteiger charge is -2.59. The van der Waals surface area contributed by atoms with Crippen LogP contribution in [0.25, 0.3) is 0 Å². The number of nitrogens with zero attached hydrogens (tertiary/aromatic N) is 2. The van der Waals surface area contributed by atoms with Gasteiger partial charge < -0.3 is 14.9 Å². The van der Waals surface area contributed by atoms with Crippen LogP contribution >= 0.6 is 0 Å². The molecule has 5 rings (SSSR count). The Bertz CT molecular complexity index is 446. The van der Waals surface area contributed by atoms with Gasteiger partial charge in [0.2, 0.25) is 0 Å². The Hall–Kier alpha value is -0.770. The van der Waals surface area contributed by atoms with Gasteiger partial charge >= 0.3 is 6.03 Å². The van der Waals surface area contributed by atoms with E-state index in [4.69, 9.17) is 0 Å². The zero-order valence-electron chi connectivity index (χ0n) is 14.0. The molecule has 0 aliphatic heterocycles. The molecule has 124 valence electrons. The van der Waals surface area contributed by atoms with Crippen molar-refractivity contribution in [3.05, 3.63) is 0 Å². The second-order valence-corrected chi connectivity index (χ2v) is 8.50. The molecule has 1 N–H and O–H groups in total. The fourth-order valence-electron chi connectivity index (χ4n) is 5.98. The van der Waals surface area contributed by atoms with Crippen LogP contribution in [0, 0.1) is 17.8 Å². The van der Waals surface area contributed by atoms with Crippen LogP contribution in [0.2, 0.25) is 0 Å². The summed E-state index contributed by atoms with van der Waals surface area (Å²) >= 11 is 0. The van der Waals surface area contributed by atoms with E-state index in [1.807, 2.05) is 7.05 Å². The standard InChI is InChI=1S/C18H30N2O2/c1-3-6-20(15-4-5-15)17(21)19(2)16-13-7-12-8-14(16)11-18(22,9-12)10-13/h12-16,22H,3-11H2,1-2H3. The van der Waals surface area contributed by atoms with Crippen LogP contribution < -0.4 is 0 Å². The fourth-order valence-corrected chi connectivity index (χ4v) is 5.98. The number of hydrogen-bond donors (Lipinski definition) is 1. The molecule has 4 bridgehead atoms. The molecule has 2 unspecified atom stereocenters. The second kappa shape index (κ2) is 5.12. The average molecular weight is 306 g/mol. The summed E-state index contributed by atoms with van der Waals surface area (Å²) in [6.07, 6.45) is 8.68. The Kier molecular flexibility index (Phi) is 3.44. The minimum atomic E-state index is -0.406. The van der Waals surface area contributed by atoms with Crippen molar-refractivity contribution in [1.82, 2.24) is 9.80 Å². The van der Waals surface area contributed by atoms with Crippen molar-refractivity contribution in [2.75, 3.05) is 13.6 Å². The number of hydrogen-bond acceptors (Lipinski definition) is 2. The molecule has 22 heavy (non-hydrogen) atoms. The summed E-state index contributed by atoms with van der Waals surface area (Å²) in [5.41, 5.74) is -0.406. The van der Waals surface area contributed by atoms with E-state index in [2.05, 4.69) is 16.7 Å². The highest BCUT2D eigenvalue weighted by Gasteiger charge is 2.56. The lowest BCUT2D eigenvalue weighted by molar-refractivity contribution is -0.152. The van der Waals surface area contributed by atoms with Crippen LogP contribution in [0.15, 0.2) is 0 Å². The van der Waals surface area contributed by atoms with E-state index in [0.717, 1.165) is 32.2 Å². The Labute approximate surface area is 133 Å². The maximum atomic E-state index is 13.0. The largest absolute Gasteiger partial charge is 0.390 e. The Morgan fingerprint density at radius 2 is 1.82 bits per heavy atom. The highest BCUT2D eigenvalue weighted by Crippen LogP contribution is 2.56. The van der Waals surface area contributed by atoms with Crippen molar-refractivity contribution < 1.29 is 9.90 Å². The fraction of sp³-hybridized carbons (Fsp3) is 0.944. The summed E-state index contributed by atoms with van der Waals surface area (Å²) in [5, 5.41) is 10.7. The molecule has 5 fully saturated rings. The lowest BCUT2D eigenvalue weighted by atomic mass is 9.52. The van der Waals surface area contributed by atoms with Crippen LogP contribution in [0.4, 0.5) is 4.79 Å². The van der Waals surface area contributed by atoms with E-state index in [9.17, 15) is 9.90 Å². The van der Waals surface area contributed by atoms with E-state index in [1.165, 1.54) is 25.7 Å². The zero-order valence-corrected chi connectivity index (χ0v) is 14.0. The minimum Gasteiger partial charge on any atom is -0.390 e. The maximum Gasteiger partial charge on any atom is 0.320 e. The molecule has 0 aromatic rings. The third-order valence-corrected chi connectivity index (χ3v) is 6.64. The third-order valence-electron chi connectivity index (χ3n) is 6.64. The van der Waals surface area contributed by atoms with E-state index in [1.54, 1.807) is 0 Å². The molecule has 2 atom stereocenters. The van der Waals surface area contributed by atoms with Gasteiger partial charge in [0.25, 0.3) is 0 Å². The van der Waals surface area contributed by atoms with Crippen molar-refractivity contribution >= 4 is 6.03 Å². The molecule has 0 aromatic carbocycles. The van der Waals surface area contributed by atoms with Gasteiger partial charge in [-0.15, -0.1) is 0 Å². The Morgan fingerprint density at radius 1 is 1.18 bits per heavy atom. The number of carbonyl (C=O) groups is 1. The third kappa shape index (κ3) is 2.34. The summed E-state index contributed by atoms with van der Waals surface area (Å²) in [5.74, 6) is 1.75. The molecule has 0 heterocycles. The van der Waals surface area contributed by atoms with Gasteiger partial charge in [0.1, 0.15) is 0 Å². The highest BCUT2D eigenvalue weighted by molar-refractivity contribution is 5.75. The molecule has 5 aliphatic carbocycles. The van der Waals surface area contributed by atoms with Gasteiger partial charge in [-0.1, -0.05) is 6.92 Å². The molecule has 2 amide bonds. The predicted octanol–water partition coefficient (Wildman–Crippen LogP) is 2.85. The first-order chi connectivity index (χ1) is 10.5. The molecular weight excluding hydrogens is 276 g/mol. The number of rotatable bonds is 4. The molecule has 0 spiro atoms. The van der Waals surface area contributed by atoms with E-state index in [-0.39, 0.29) is 6.03 Å². The minimum absolute atomic E-state index is 0.244.